The van der Waals surface area contributed by atoms with Gasteiger partial charge < -0.3 is 0 Å². The van der Waals surface area contributed by atoms with Crippen molar-refractivity contribution < 1.29 is 8.42 Å². The maximum atomic E-state index is 12.6. The van der Waals surface area contributed by atoms with Crippen molar-refractivity contribution in [3.05, 3.63) is 77.1 Å². The average molecular weight is 355 g/mol. The van der Waals surface area contributed by atoms with E-state index >= 15 is 0 Å². The molecule has 0 aliphatic carbocycles. The van der Waals surface area contributed by atoms with Gasteiger partial charge in [0, 0.05) is 6.20 Å². The van der Waals surface area contributed by atoms with Crippen LogP contribution >= 0.6 is 0 Å². The largest absolute Gasteiger partial charge is 0.276 e. The minimum absolute atomic E-state index is 0.291. The fourth-order valence-electron chi connectivity index (χ4n) is 2.71. The lowest BCUT2D eigenvalue weighted by Gasteiger charge is -2.09. The van der Waals surface area contributed by atoms with Crippen LogP contribution in [0.15, 0.2) is 59.8 Å². The minimum atomic E-state index is -3.64. The van der Waals surface area contributed by atoms with Crippen molar-refractivity contribution in [2.45, 2.75) is 32.2 Å². The summed E-state index contributed by atoms with van der Waals surface area (Å²) < 4.78 is 29.6. The Morgan fingerprint density at radius 1 is 1.04 bits per heavy atom. The third kappa shape index (κ3) is 4.09. The Kier molecular flexibility index (Phi) is 4.63. The quantitative estimate of drug-likeness (QED) is 0.760. The maximum absolute atomic E-state index is 12.6. The number of aryl methyl sites for hydroxylation is 3. The van der Waals surface area contributed by atoms with Crippen molar-refractivity contribution in [3.8, 4) is 0 Å². The molecule has 25 heavy (non-hydrogen) atoms. The van der Waals surface area contributed by atoms with E-state index in [1.807, 2.05) is 44.2 Å². The topological polar surface area (TPSA) is 64.0 Å². The maximum Gasteiger partial charge on any atom is 0.262 e. The Balaban J connectivity index is 1.80. The van der Waals surface area contributed by atoms with E-state index in [9.17, 15) is 8.42 Å². The fourth-order valence-corrected chi connectivity index (χ4v) is 4.07. The number of anilines is 1. The zero-order chi connectivity index (χ0) is 18.0. The minimum Gasteiger partial charge on any atom is -0.276 e. The van der Waals surface area contributed by atoms with Gasteiger partial charge in [0.25, 0.3) is 10.0 Å². The average Bonchev–Trinajstić information content (AvgIpc) is 2.96. The molecule has 5 nitrogen and oxygen atoms in total. The Morgan fingerprint density at radius 2 is 1.80 bits per heavy atom. The van der Waals surface area contributed by atoms with Gasteiger partial charge in [0.2, 0.25) is 0 Å². The lowest BCUT2D eigenvalue weighted by Crippen LogP contribution is -2.14. The molecule has 0 bridgehead atoms. The van der Waals surface area contributed by atoms with Crippen molar-refractivity contribution >= 4 is 15.7 Å². The fraction of sp³-hybridized carbons (Fsp3) is 0.211. The highest BCUT2D eigenvalue weighted by Crippen LogP contribution is 2.20. The Labute approximate surface area is 148 Å². The van der Waals surface area contributed by atoms with Gasteiger partial charge in [-0.3, -0.25) is 9.40 Å². The van der Waals surface area contributed by atoms with Gasteiger partial charge >= 0.3 is 0 Å². The highest BCUT2D eigenvalue weighted by Gasteiger charge is 2.18. The van der Waals surface area contributed by atoms with Gasteiger partial charge in [-0.2, -0.15) is 5.10 Å². The van der Waals surface area contributed by atoms with Crippen LogP contribution in [-0.4, -0.2) is 18.2 Å². The van der Waals surface area contributed by atoms with Crippen molar-refractivity contribution in [1.82, 2.24) is 9.78 Å². The van der Waals surface area contributed by atoms with Crippen LogP contribution in [0, 0.1) is 20.8 Å². The molecular formula is C19H21N3O2S. The van der Waals surface area contributed by atoms with Gasteiger partial charge in [0.1, 0.15) is 0 Å². The standard InChI is InChI=1S/C19H21N3O2S/c1-14-5-4-6-17(9-14)12-22-13-18(11-20-22)21-25(23,24)19-10-15(2)7-8-16(19)3/h4-11,13,21H,12H2,1-3H3. The summed E-state index contributed by atoms with van der Waals surface area (Å²) in [7, 11) is -3.64. The molecule has 0 spiro atoms. The predicted molar refractivity (Wildman–Crippen MR) is 99.2 cm³/mol. The van der Waals surface area contributed by atoms with Crippen LogP contribution in [0.1, 0.15) is 22.3 Å². The summed E-state index contributed by atoms with van der Waals surface area (Å²) in [6, 6.07) is 13.5. The van der Waals surface area contributed by atoms with Crippen molar-refractivity contribution in [3.63, 3.8) is 0 Å². The van der Waals surface area contributed by atoms with Crippen LogP contribution in [0.4, 0.5) is 5.69 Å². The number of rotatable bonds is 5. The van der Waals surface area contributed by atoms with Crippen molar-refractivity contribution in [2.24, 2.45) is 0 Å². The summed E-state index contributed by atoms with van der Waals surface area (Å²) in [6.45, 7) is 6.29. The molecule has 2 aromatic carbocycles. The molecule has 0 atom stereocenters. The molecular weight excluding hydrogens is 334 g/mol. The summed E-state index contributed by atoms with van der Waals surface area (Å²) >= 11 is 0. The molecule has 1 aromatic heterocycles. The second kappa shape index (κ2) is 6.72. The third-order valence-electron chi connectivity index (χ3n) is 3.95. The summed E-state index contributed by atoms with van der Waals surface area (Å²) in [4.78, 5) is 0.291. The number of sulfonamides is 1. The lowest BCUT2D eigenvalue weighted by molar-refractivity contribution is 0.600. The van der Waals surface area contributed by atoms with E-state index in [1.165, 1.54) is 11.8 Å². The van der Waals surface area contributed by atoms with E-state index in [0.29, 0.717) is 22.7 Å². The molecule has 0 unspecified atom stereocenters. The second-order valence-corrected chi connectivity index (χ2v) is 7.94. The molecule has 0 aliphatic rings. The highest BCUT2D eigenvalue weighted by atomic mass is 32.2. The van der Waals surface area contributed by atoms with E-state index in [1.54, 1.807) is 23.9 Å². The number of benzene rings is 2. The first-order valence-corrected chi connectivity index (χ1v) is 9.50. The van der Waals surface area contributed by atoms with Crippen LogP contribution in [0.25, 0.3) is 0 Å². The normalized spacial score (nSPS) is 11.5. The van der Waals surface area contributed by atoms with Gasteiger partial charge in [-0.05, 0) is 43.5 Å². The Bertz CT molecular complexity index is 1010. The first kappa shape index (κ1) is 17.2. The molecule has 3 aromatic rings. The number of nitrogens with one attached hydrogen (secondary N) is 1. The van der Waals surface area contributed by atoms with Gasteiger partial charge in [0.05, 0.1) is 23.3 Å². The lowest BCUT2D eigenvalue weighted by atomic mass is 10.1. The molecule has 0 radical (unpaired) electrons. The van der Waals surface area contributed by atoms with Crippen LogP contribution in [0.3, 0.4) is 0 Å². The zero-order valence-corrected chi connectivity index (χ0v) is 15.3. The van der Waals surface area contributed by atoms with E-state index in [-0.39, 0.29) is 0 Å². The molecule has 0 saturated carbocycles. The van der Waals surface area contributed by atoms with Gasteiger partial charge in [-0.25, -0.2) is 8.42 Å². The van der Waals surface area contributed by atoms with E-state index in [2.05, 4.69) is 15.9 Å². The molecule has 1 N–H and O–H groups in total. The van der Waals surface area contributed by atoms with Crippen molar-refractivity contribution in [2.75, 3.05) is 4.72 Å². The van der Waals surface area contributed by atoms with Crippen LogP contribution in [0.5, 0.6) is 0 Å². The summed E-state index contributed by atoms with van der Waals surface area (Å²) in [5, 5.41) is 4.25. The van der Waals surface area contributed by atoms with E-state index < -0.39 is 10.0 Å². The molecule has 0 fully saturated rings. The Morgan fingerprint density at radius 3 is 2.56 bits per heavy atom. The van der Waals surface area contributed by atoms with Crippen LogP contribution in [0.2, 0.25) is 0 Å². The second-order valence-electron chi connectivity index (χ2n) is 6.29. The van der Waals surface area contributed by atoms with Crippen molar-refractivity contribution in [1.29, 1.82) is 0 Å². The summed E-state index contributed by atoms with van der Waals surface area (Å²) in [5.74, 6) is 0. The summed E-state index contributed by atoms with van der Waals surface area (Å²) in [6.07, 6.45) is 3.23. The zero-order valence-electron chi connectivity index (χ0n) is 14.5. The monoisotopic (exact) mass is 355 g/mol. The van der Waals surface area contributed by atoms with E-state index in [0.717, 1.165) is 11.1 Å². The first-order chi connectivity index (χ1) is 11.8. The molecule has 1 heterocycles. The van der Waals surface area contributed by atoms with Crippen LogP contribution in [-0.2, 0) is 16.6 Å². The Hall–Kier alpha value is -2.60. The molecule has 0 saturated heterocycles. The van der Waals surface area contributed by atoms with Crippen LogP contribution < -0.4 is 4.72 Å². The molecule has 0 aliphatic heterocycles. The number of aromatic nitrogens is 2. The van der Waals surface area contributed by atoms with E-state index in [4.69, 9.17) is 0 Å². The summed E-state index contributed by atoms with van der Waals surface area (Å²) in [5.41, 5.74) is 4.37. The van der Waals surface area contributed by atoms with Gasteiger partial charge in [-0.1, -0.05) is 42.0 Å². The van der Waals surface area contributed by atoms with Gasteiger partial charge in [-0.15, -0.1) is 0 Å². The molecule has 3 rings (SSSR count). The first-order valence-electron chi connectivity index (χ1n) is 8.01. The highest BCUT2D eigenvalue weighted by molar-refractivity contribution is 7.92. The third-order valence-corrected chi connectivity index (χ3v) is 5.47. The molecule has 6 heteroatoms. The molecule has 130 valence electrons. The molecule has 0 amide bonds. The predicted octanol–water partition coefficient (Wildman–Crippen LogP) is 3.66. The SMILES string of the molecule is Cc1cccc(Cn2cc(NS(=O)(=O)c3cc(C)ccc3C)cn2)c1. The smallest absolute Gasteiger partial charge is 0.262 e. The van der Waals surface area contributed by atoms with Gasteiger partial charge in [0.15, 0.2) is 0 Å². The number of hydrogen-bond acceptors (Lipinski definition) is 3. The number of hydrogen-bond donors (Lipinski definition) is 1. The number of nitrogens with zero attached hydrogens (tertiary/aromatic N) is 2.